The molecule has 1 aromatic rings. The van der Waals surface area contributed by atoms with Crippen LogP contribution in [0.3, 0.4) is 0 Å². The van der Waals surface area contributed by atoms with Crippen molar-refractivity contribution in [3.05, 3.63) is 10.6 Å². The Labute approximate surface area is 135 Å². The Balaban J connectivity index is 2.98. The molecule has 0 saturated carbocycles. The molecule has 0 atom stereocenters. The minimum atomic E-state index is 0.141. The highest BCUT2D eigenvalue weighted by Gasteiger charge is 2.25. The summed E-state index contributed by atoms with van der Waals surface area (Å²) in [5.74, 6) is 0. The summed E-state index contributed by atoms with van der Waals surface area (Å²) in [5, 5.41) is 4.74. The van der Waals surface area contributed by atoms with E-state index in [2.05, 4.69) is 65.7 Å². The van der Waals surface area contributed by atoms with E-state index in [0.29, 0.717) is 0 Å². The molecule has 0 aromatic carbocycles. The van der Waals surface area contributed by atoms with Crippen molar-refractivity contribution < 1.29 is 0 Å². The largest absolute Gasteiger partial charge is 0.346 e. The Bertz CT molecular complexity index is 443. The van der Waals surface area contributed by atoms with Crippen molar-refractivity contribution in [2.45, 2.75) is 85.4 Å². The highest BCUT2D eigenvalue weighted by Crippen LogP contribution is 2.32. The molecule has 1 N–H and O–H groups in total. The van der Waals surface area contributed by atoms with Crippen LogP contribution in [0.15, 0.2) is 0 Å². The van der Waals surface area contributed by atoms with Crippen LogP contribution in [0.1, 0.15) is 71.9 Å². The normalized spacial score (nSPS) is 12.8. The smallest absolute Gasteiger partial charge is 0.186 e. The predicted octanol–water partition coefficient (Wildman–Crippen LogP) is 4.61. The maximum atomic E-state index is 4.92. The Morgan fingerprint density at radius 3 is 2.24 bits per heavy atom. The van der Waals surface area contributed by atoms with Gasteiger partial charge in [0, 0.05) is 29.5 Å². The molecular formula is C17H33N3S. The van der Waals surface area contributed by atoms with E-state index in [-0.39, 0.29) is 11.1 Å². The van der Waals surface area contributed by atoms with Crippen LogP contribution in [0.4, 0.5) is 5.13 Å². The molecule has 0 fully saturated rings. The SMILES string of the molecule is CCCc1nc(N(C)C(C)(C)CC)sc1CNC(C)(C)C. The molecule has 0 aliphatic carbocycles. The van der Waals surface area contributed by atoms with Crippen LogP contribution in [0.2, 0.25) is 0 Å². The summed E-state index contributed by atoms with van der Waals surface area (Å²) in [7, 11) is 2.17. The summed E-state index contributed by atoms with van der Waals surface area (Å²) < 4.78 is 0. The molecule has 4 heteroatoms. The second-order valence-corrected chi connectivity index (χ2v) is 8.51. The first-order chi connectivity index (χ1) is 9.60. The Hall–Kier alpha value is -0.610. The molecule has 0 bridgehead atoms. The molecule has 0 radical (unpaired) electrons. The minimum absolute atomic E-state index is 0.141. The monoisotopic (exact) mass is 311 g/mol. The number of rotatable bonds is 7. The topological polar surface area (TPSA) is 28.2 Å². The van der Waals surface area contributed by atoms with Gasteiger partial charge >= 0.3 is 0 Å². The third kappa shape index (κ3) is 5.26. The molecule has 1 heterocycles. The van der Waals surface area contributed by atoms with Crippen LogP contribution in [-0.2, 0) is 13.0 Å². The van der Waals surface area contributed by atoms with Gasteiger partial charge in [-0.05, 0) is 47.5 Å². The molecule has 21 heavy (non-hydrogen) atoms. The molecule has 0 spiro atoms. The number of nitrogens with zero attached hydrogens (tertiary/aromatic N) is 2. The van der Waals surface area contributed by atoms with Gasteiger partial charge in [0.1, 0.15) is 0 Å². The average molecular weight is 312 g/mol. The summed E-state index contributed by atoms with van der Waals surface area (Å²) in [6.45, 7) is 16.6. The molecule has 3 nitrogen and oxygen atoms in total. The number of hydrogen-bond acceptors (Lipinski definition) is 4. The average Bonchev–Trinajstić information content (AvgIpc) is 2.78. The maximum Gasteiger partial charge on any atom is 0.186 e. The third-order valence-corrected chi connectivity index (χ3v) is 5.27. The summed E-state index contributed by atoms with van der Waals surface area (Å²) >= 11 is 1.84. The van der Waals surface area contributed by atoms with Crippen LogP contribution in [-0.4, -0.2) is 23.1 Å². The Kier molecular flexibility index (Phi) is 6.23. The maximum absolute atomic E-state index is 4.92. The summed E-state index contributed by atoms with van der Waals surface area (Å²) in [6, 6.07) is 0. The fraction of sp³-hybridized carbons (Fsp3) is 0.824. The molecule has 122 valence electrons. The van der Waals surface area contributed by atoms with E-state index in [4.69, 9.17) is 4.98 Å². The number of anilines is 1. The van der Waals surface area contributed by atoms with Crippen LogP contribution >= 0.6 is 11.3 Å². The van der Waals surface area contributed by atoms with E-state index in [1.165, 1.54) is 10.6 Å². The van der Waals surface area contributed by atoms with E-state index in [0.717, 1.165) is 30.9 Å². The zero-order chi connectivity index (χ0) is 16.3. The van der Waals surface area contributed by atoms with Crippen molar-refractivity contribution in [3.8, 4) is 0 Å². The quantitative estimate of drug-likeness (QED) is 0.797. The van der Waals surface area contributed by atoms with Crippen LogP contribution in [0.5, 0.6) is 0 Å². The van der Waals surface area contributed by atoms with Crippen molar-refractivity contribution in [2.75, 3.05) is 11.9 Å². The van der Waals surface area contributed by atoms with Gasteiger partial charge in [0.2, 0.25) is 0 Å². The summed E-state index contributed by atoms with van der Waals surface area (Å²) in [6.07, 6.45) is 3.33. The lowest BCUT2D eigenvalue weighted by molar-refractivity contribution is 0.425. The number of aromatic nitrogens is 1. The molecule has 0 saturated heterocycles. The minimum Gasteiger partial charge on any atom is -0.346 e. The fourth-order valence-electron chi connectivity index (χ4n) is 1.92. The predicted molar refractivity (Wildman–Crippen MR) is 95.5 cm³/mol. The van der Waals surface area contributed by atoms with Gasteiger partial charge in [-0.25, -0.2) is 4.98 Å². The lowest BCUT2D eigenvalue weighted by atomic mass is 10.0. The number of hydrogen-bond donors (Lipinski definition) is 1. The van der Waals surface area contributed by atoms with Crippen molar-refractivity contribution in [3.63, 3.8) is 0 Å². The van der Waals surface area contributed by atoms with Gasteiger partial charge in [-0.2, -0.15) is 0 Å². The van der Waals surface area contributed by atoms with Gasteiger partial charge in [-0.3, -0.25) is 0 Å². The van der Waals surface area contributed by atoms with E-state index < -0.39 is 0 Å². The van der Waals surface area contributed by atoms with Crippen LogP contribution < -0.4 is 10.2 Å². The van der Waals surface area contributed by atoms with Crippen molar-refractivity contribution >= 4 is 16.5 Å². The summed E-state index contributed by atoms with van der Waals surface area (Å²) in [5.41, 5.74) is 1.56. The first kappa shape index (κ1) is 18.4. The Morgan fingerprint density at radius 2 is 1.76 bits per heavy atom. The number of aryl methyl sites for hydroxylation is 1. The molecule has 0 aliphatic rings. The van der Waals surface area contributed by atoms with E-state index >= 15 is 0 Å². The lowest BCUT2D eigenvalue weighted by Crippen LogP contribution is -2.40. The summed E-state index contributed by atoms with van der Waals surface area (Å²) in [4.78, 5) is 8.64. The van der Waals surface area contributed by atoms with E-state index in [9.17, 15) is 0 Å². The van der Waals surface area contributed by atoms with Crippen molar-refractivity contribution in [1.29, 1.82) is 0 Å². The lowest BCUT2D eigenvalue weighted by Gasteiger charge is -2.34. The number of nitrogens with one attached hydrogen (secondary N) is 1. The van der Waals surface area contributed by atoms with E-state index in [1.54, 1.807) is 0 Å². The Morgan fingerprint density at radius 1 is 1.14 bits per heavy atom. The van der Waals surface area contributed by atoms with Gasteiger partial charge < -0.3 is 10.2 Å². The standard InChI is InChI=1S/C17H33N3S/c1-9-11-13-14(12-18-16(3,4)5)21-15(19-13)20(8)17(6,7)10-2/h18H,9-12H2,1-8H3. The fourth-order valence-corrected chi connectivity index (χ4v) is 3.10. The highest BCUT2D eigenvalue weighted by molar-refractivity contribution is 7.15. The van der Waals surface area contributed by atoms with Crippen molar-refractivity contribution in [1.82, 2.24) is 10.3 Å². The zero-order valence-electron chi connectivity index (χ0n) is 15.1. The molecule has 0 amide bonds. The molecule has 0 unspecified atom stereocenters. The van der Waals surface area contributed by atoms with Gasteiger partial charge in [0.05, 0.1) is 5.69 Å². The van der Waals surface area contributed by atoms with Gasteiger partial charge in [0.15, 0.2) is 5.13 Å². The van der Waals surface area contributed by atoms with Crippen LogP contribution in [0.25, 0.3) is 0 Å². The number of thiazole rings is 1. The molecule has 1 aromatic heterocycles. The van der Waals surface area contributed by atoms with Crippen LogP contribution in [0, 0.1) is 0 Å². The molecule has 1 rings (SSSR count). The van der Waals surface area contributed by atoms with Crippen molar-refractivity contribution in [2.24, 2.45) is 0 Å². The van der Waals surface area contributed by atoms with Gasteiger partial charge in [-0.15, -0.1) is 11.3 Å². The first-order valence-corrected chi connectivity index (χ1v) is 8.89. The van der Waals surface area contributed by atoms with E-state index in [1.807, 2.05) is 11.3 Å². The van der Waals surface area contributed by atoms with Gasteiger partial charge in [-0.1, -0.05) is 20.3 Å². The second-order valence-electron chi connectivity index (χ2n) is 7.44. The third-order valence-electron chi connectivity index (χ3n) is 4.09. The first-order valence-electron chi connectivity index (χ1n) is 8.08. The molecule has 0 aliphatic heterocycles. The van der Waals surface area contributed by atoms with Gasteiger partial charge in [0.25, 0.3) is 0 Å². The second kappa shape index (κ2) is 7.10. The highest BCUT2D eigenvalue weighted by atomic mass is 32.1. The molecular weight excluding hydrogens is 278 g/mol. The zero-order valence-corrected chi connectivity index (χ0v) is 15.9.